The second-order valence-electron chi connectivity index (χ2n) is 6.53. The van der Waals surface area contributed by atoms with E-state index in [0.29, 0.717) is 37.3 Å². The van der Waals surface area contributed by atoms with E-state index in [9.17, 15) is 19.5 Å². The highest BCUT2D eigenvalue weighted by atomic mass is 16.4. The van der Waals surface area contributed by atoms with Gasteiger partial charge >= 0.3 is 5.97 Å². The van der Waals surface area contributed by atoms with Crippen molar-refractivity contribution in [2.75, 3.05) is 29.9 Å². The van der Waals surface area contributed by atoms with Crippen molar-refractivity contribution in [3.63, 3.8) is 0 Å². The fourth-order valence-electron chi connectivity index (χ4n) is 3.55. The number of carbonyl (C=O) groups is 3. The molecule has 7 heteroatoms. The Morgan fingerprint density at radius 1 is 1.16 bits per heavy atom. The van der Waals surface area contributed by atoms with Crippen LogP contribution in [-0.4, -0.2) is 53.5 Å². The van der Waals surface area contributed by atoms with Crippen LogP contribution in [0.25, 0.3) is 0 Å². The van der Waals surface area contributed by atoms with Crippen molar-refractivity contribution in [2.24, 2.45) is 0 Å². The molecule has 2 amide bonds. The summed E-state index contributed by atoms with van der Waals surface area (Å²) < 4.78 is 0. The average molecular weight is 345 g/mol. The van der Waals surface area contributed by atoms with E-state index in [-0.39, 0.29) is 18.4 Å². The lowest BCUT2D eigenvalue weighted by Crippen LogP contribution is -2.47. The van der Waals surface area contributed by atoms with Crippen molar-refractivity contribution < 1.29 is 19.5 Å². The van der Waals surface area contributed by atoms with Gasteiger partial charge in [-0.05, 0) is 37.9 Å². The van der Waals surface area contributed by atoms with Crippen LogP contribution in [0.2, 0.25) is 0 Å². The first kappa shape index (κ1) is 17.4. The zero-order valence-corrected chi connectivity index (χ0v) is 14.1. The lowest BCUT2D eigenvalue weighted by Gasteiger charge is -2.32. The fraction of sp³-hybridized carbons (Fsp3) is 0.500. The second kappa shape index (κ2) is 7.65. The number of nitrogens with zero attached hydrogens (tertiary/aromatic N) is 2. The maximum atomic E-state index is 12.4. The Morgan fingerprint density at radius 3 is 2.68 bits per heavy atom. The van der Waals surface area contributed by atoms with E-state index < -0.39 is 12.0 Å². The third kappa shape index (κ3) is 3.99. The molecule has 2 heterocycles. The SMILES string of the molecule is O=C(CN1CCCCC1C(=O)O)Nc1ccccc1N1CCCC1=O. The van der Waals surface area contributed by atoms with Crippen LogP contribution in [0.3, 0.4) is 0 Å². The van der Waals surface area contributed by atoms with E-state index in [1.165, 1.54) is 0 Å². The molecule has 0 bridgehead atoms. The van der Waals surface area contributed by atoms with Crippen LogP contribution < -0.4 is 10.2 Å². The Labute approximate surface area is 146 Å². The molecule has 7 nitrogen and oxygen atoms in total. The first-order valence-corrected chi connectivity index (χ1v) is 8.72. The maximum absolute atomic E-state index is 12.4. The third-order valence-electron chi connectivity index (χ3n) is 4.79. The number of anilines is 2. The van der Waals surface area contributed by atoms with Gasteiger partial charge in [-0.3, -0.25) is 19.3 Å². The van der Waals surface area contributed by atoms with Crippen LogP contribution in [0.1, 0.15) is 32.1 Å². The number of likely N-dealkylation sites (tertiary alicyclic amines) is 1. The van der Waals surface area contributed by atoms with Crippen molar-refractivity contribution in [3.05, 3.63) is 24.3 Å². The van der Waals surface area contributed by atoms with E-state index in [2.05, 4.69) is 5.32 Å². The Morgan fingerprint density at radius 2 is 1.96 bits per heavy atom. The molecule has 2 N–H and O–H groups in total. The normalized spacial score (nSPS) is 21.4. The molecular formula is C18H23N3O4. The average Bonchev–Trinajstić information content (AvgIpc) is 3.01. The molecule has 1 atom stereocenters. The van der Waals surface area contributed by atoms with Crippen LogP contribution >= 0.6 is 0 Å². The molecule has 0 spiro atoms. The molecule has 3 rings (SSSR count). The van der Waals surface area contributed by atoms with E-state index >= 15 is 0 Å². The van der Waals surface area contributed by atoms with Crippen LogP contribution in [0.5, 0.6) is 0 Å². The largest absolute Gasteiger partial charge is 0.480 e. The molecule has 1 aromatic rings. The lowest BCUT2D eigenvalue weighted by molar-refractivity contribution is -0.145. The summed E-state index contributed by atoms with van der Waals surface area (Å²) in [7, 11) is 0. The van der Waals surface area contributed by atoms with Gasteiger partial charge in [0.2, 0.25) is 11.8 Å². The number of carbonyl (C=O) groups excluding carboxylic acids is 2. The number of piperidine rings is 1. The monoisotopic (exact) mass is 345 g/mol. The van der Waals surface area contributed by atoms with Gasteiger partial charge in [-0.2, -0.15) is 0 Å². The summed E-state index contributed by atoms with van der Waals surface area (Å²) in [4.78, 5) is 39.2. The van der Waals surface area contributed by atoms with Gasteiger partial charge in [0.05, 0.1) is 17.9 Å². The lowest BCUT2D eigenvalue weighted by atomic mass is 10.0. The second-order valence-corrected chi connectivity index (χ2v) is 6.53. The molecule has 0 saturated carbocycles. The van der Waals surface area contributed by atoms with Crippen LogP contribution in [0, 0.1) is 0 Å². The summed E-state index contributed by atoms with van der Waals surface area (Å²) in [5, 5.41) is 12.2. The Bertz CT molecular complexity index is 676. The summed E-state index contributed by atoms with van der Waals surface area (Å²) in [6.45, 7) is 1.30. The summed E-state index contributed by atoms with van der Waals surface area (Å²) in [6, 6.07) is 6.63. The zero-order valence-electron chi connectivity index (χ0n) is 14.1. The number of aliphatic carboxylic acids is 1. The van der Waals surface area contributed by atoms with Gasteiger partial charge in [-0.1, -0.05) is 18.6 Å². The number of hydrogen-bond donors (Lipinski definition) is 2. The Balaban J connectivity index is 1.69. The molecular weight excluding hydrogens is 322 g/mol. The molecule has 2 saturated heterocycles. The van der Waals surface area contributed by atoms with Gasteiger partial charge in [0.1, 0.15) is 6.04 Å². The van der Waals surface area contributed by atoms with E-state index in [1.807, 2.05) is 12.1 Å². The van der Waals surface area contributed by atoms with Gasteiger partial charge < -0.3 is 15.3 Å². The summed E-state index contributed by atoms with van der Waals surface area (Å²) >= 11 is 0. The first-order valence-electron chi connectivity index (χ1n) is 8.72. The predicted molar refractivity (Wildman–Crippen MR) is 93.5 cm³/mol. The summed E-state index contributed by atoms with van der Waals surface area (Å²) in [6.07, 6.45) is 3.68. The highest BCUT2D eigenvalue weighted by molar-refractivity contribution is 6.02. The van der Waals surface area contributed by atoms with Crippen molar-refractivity contribution in [1.82, 2.24) is 4.90 Å². The minimum atomic E-state index is -0.879. The van der Waals surface area contributed by atoms with E-state index in [0.717, 1.165) is 19.3 Å². The topological polar surface area (TPSA) is 89.9 Å². The van der Waals surface area contributed by atoms with Crippen LogP contribution in [0.15, 0.2) is 24.3 Å². The van der Waals surface area contributed by atoms with Crippen molar-refractivity contribution in [2.45, 2.75) is 38.1 Å². The van der Waals surface area contributed by atoms with E-state index in [4.69, 9.17) is 0 Å². The number of carboxylic acid groups (broad SMARTS) is 1. The molecule has 2 aliphatic heterocycles. The smallest absolute Gasteiger partial charge is 0.320 e. The predicted octanol–water partition coefficient (Wildman–Crippen LogP) is 1.69. The number of rotatable bonds is 5. The van der Waals surface area contributed by atoms with Gasteiger partial charge in [-0.25, -0.2) is 0 Å². The van der Waals surface area contributed by atoms with Crippen LogP contribution in [0.4, 0.5) is 11.4 Å². The molecule has 2 fully saturated rings. The molecule has 1 aromatic carbocycles. The molecule has 0 radical (unpaired) electrons. The van der Waals surface area contributed by atoms with Gasteiger partial charge in [0.15, 0.2) is 0 Å². The van der Waals surface area contributed by atoms with Crippen molar-refractivity contribution >= 4 is 29.2 Å². The summed E-state index contributed by atoms with van der Waals surface area (Å²) in [5.41, 5.74) is 1.29. The summed E-state index contributed by atoms with van der Waals surface area (Å²) in [5.74, 6) is -1.08. The standard InChI is InChI=1S/C18H23N3O4/c22-16(12-20-10-4-3-8-15(20)18(24)25)19-13-6-1-2-7-14(13)21-11-5-9-17(21)23/h1-2,6-7,15H,3-5,8-12H2,(H,19,22)(H,24,25). The van der Waals surface area contributed by atoms with Crippen LogP contribution in [-0.2, 0) is 14.4 Å². The van der Waals surface area contributed by atoms with Crippen molar-refractivity contribution in [3.8, 4) is 0 Å². The zero-order chi connectivity index (χ0) is 17.8. The highest BCUT2D eigenvalue weighted by Gasteiger charge is 2.30. The molecule has 25 heavy (non-hydrogen) atoms. The number of amides is 2. The first-order chi connectivity index (χ1) is 12.1. The molecule has 1 unspecified atom stereocenters. The quantitative estimate of drug-likeness (QED) is 0.848. The minimum absolute atomic E-state index is 0.0409. The molecule has 134 valence electrons. The molecule has 2 aliphatic rings. The number of para-hydroxylation sites is 2. The number of hydrogen-bond acceptors (Lipinski definition) is 4. The maximum Gasteiger partial charge on any atom is 0.320 e. The Kier molecular flexibility index (Phi) is 5.33. The third-order valence-corrected chi connectivity index (χ3v) is 4.79. The number of nitrogens with one attached hydrogen (secondary N) is 1. The van der Waals surface area contributed by atoms with Gasteiger partial charge in [0, 0.05) is 13.0 Å². The minimum Gasteiger partial charge on any atom is -0.480 e. The number of carboxylic acids is 1. The fourth-order valence-corrected chi connectivity index (χ4v) is 3.55. The van der Waals surface area contributed by atoms with Gasteiger partial charge in [0.25, 0.3) is 0 Å². The molecule has 0 aliphatic carbocycles. The number of benzene rings is 1. The van der Waals surface area contributed by atoms with E-state index in [1.54, 1.807) is 21.9 Å². The van der Waals surface area contributed by atoms with Crippen molar-refractivity contribution in [1.29, 1.82) is 0 Å². The highest BCUT2D eigenvalue weighted by Crippen LogP contribution is 2.29. The van der Waals surface area contributed by atoms with Gasteiger partial charge in [-0.15, -0.1) is 0 Å². The molecule has 0 aromatic heterocycles. The Hall–Kier alpha value is -2.41.